The van der Waals surface area contributed by atoms with Crippen LogP contribution >= 0.6 is 11.8 Å². The third-order valence-electron chi connectivity index (χ3n) is 3.25. The molecule has 24 heavy (non-hydrogen) atoms. The van der Waals surface area contributed by atoms with E-state index in [2.05, 4.69) is 10.2 Å². The van der Waals surface area contributed by atoms with Crippen LogP contribution in [0.1, 0.15) is 6.42 Å². The molecule has 126 valence electrons. The van der Waals surface area contributed by atoms with Gasteiger partial charge in [0, 0.05) is 25.9 Å². The maximum Gasteiger partial charge on any atom is 0.238 e. The van der Waals surface area contributed by atoms with Crippen LogP contribution in [0.15, 0.2) is 41.8 Å². The first-order valence-corrected chi connectivity index (χ1v) is 8.46. The summed E-state index contributed by atoms with van der Waals surface area (Å²) in [4.78, 5) is 13.9. The standard InChI is InChI=1S/C16H19N5O2S/c1-23-11-5-9-20-13-18-19-16(20)24-12-15(22)21(10-8-17)14-6-3-2-4-7-14/h2-4,6-7,13H,5,9-12H2,1H3. The molecule has 0 spiro atoms. The van der Waals surface area contributed by atoms with Crippen molar-refractivity contribution < 1.29 is 9.53 Å². The topological polar surface area (TPSA) is 84.0 Å². The van der Waals surface area contributed by atoms with E-state index in [1.165, 1.54) is 16.7 Å². The van der Waals surface area contributed by atoms with E-state index in [0.717, 1.165) is 13.0 Å². The first-order valence-electron chi connectivity index (χ1n) is 7.48. The molecule has 7 nitrogen and oxygen atoms in total. The van der Waals surface area contributed by atoms with Gasteiger partial charge in [-0.2, -0.15) is 5.26 Å². The number of nitriles is 1. The van der Waals surface area contributed by atoms with Gasteiger partial charge in [-0.15, -0.1) is 10.2 Å². The molecule has 1 aromatic carbocycles. The SMILES string of the molecule is COCCCn1cnnc1SCC(=O)N(CC#N)c1ccccc1. The first-order chi connectivity index (χ1) is 11.8. The second kappa shape index (κ2) is 9.70. The number of para-hydroxylation sites is 1. The number of thioether (sulfide) groups is 1. The number of rotatable bonds is 9. The van der Waals surface area contributed by atoms with Gasteiger partial charge in [-0.05, 0) is 18.6 Å². The predicted octanol–water partition coefficient (Wildman–Crippen LogP) is 1.96. The van der Waals surface area contributed by atoms with Crippen molar-refractivity contribution in [1.82, 2.24) is 14.8 Å². The van der Waals surface area contributed by atoms with E-state index >= 15 is 0 Å². The highest BCUT2D eigenvalue weighted by molar-refractivity contribution is 7.99. The van der Waals surface area contributed by atoms with Gasteiger partial charge in [0.1, 0.15) is 12.9 Å². The summed E-state index contributed by atoms with van der Waals surface area (Å²) in [6.45, 7) is 1.41. The molecule has 0 bridgehead atoms. The minimum atomic E-state index is -0.140. The van der Waals surface area contributed by atoms with Crippen molar-refractivity contribution in [2.45, 2.75) is 18.1 Å². The molecule has 0 N–H and O–H groups in total. The van der Waals surface area contributed by atoms with Crippen molar-refractivity contribution in [2.24, 2.45) is 0 Å². The number of anilines is 1. The average Bonchev–Trinajstić information content (AvgIpc) is 3.06. The summed E-state index contributed by atoms with van der Waals surface area (Å²) < 4.78 is 6.93. The molecule has 0 aliphatic rings. The smallest absolute Gasteiger partial charge is 0.238 e. The molecule has 0 radical (unpaired) electrons. The van der Waals surface area contributed by atoms with Crippen molar-refractivity contribution in [2.75, 3.05) is 30.9 Å². The van der Waals surface area contributed by atoms with E-state index < -0.39 is 0 Å². The van der Waals surface area contributed by atoms with Crippen molar-refractivity contribution in [3.05, 3.63) is 36.7 Å². The molecule has 2 aromatic rings. The molecule has 0 aliphatic heterocycles. The predicted molar refractivity (Wildman–Crippen MR) is 91.6 cm³/mol. The number of carbonyl (C=O) groups excluding carboxylic acids is 1. The van der Waals surface area contributed by atoms with Crippen molar-refractivity contribution >= 4 is 23.4 Å². The molecule has 8 heteroatoms. The molecule has 1 amide bonds. The summed E-state index contributed by atoms with van der Waals surface area (Å²) >= 11 is 1.32. The van der Waals surface area contributed by atoms with Gasteiger partial charge in [-0.25, -0.2) is 0 Å². The summed E-state index contributed by atoms with van der Waals surface area (Å²) in [5.41, 5.74) is 0.714. The largest absolute Gasteiger partial charge is 0.385 e. The Hall–Kier alpha value is -2.37. The molecule has 0 saturated heterocycles. The number of ether oxygens (including phenoxy) is 1. The fourth-order valence-corrected chi connectivity index (χ4v) is 2.91. The quantitative estimate of drug-likeness (QED) is 0.392. The second-order valence-corrected chi connectivity index (χ2v) is 5.86. The number of benzene rings is 1. The summed E-state index contributed by atoms with van der Waals surface area (Å²) in [6, 6.07) is 11.2. The Kier molecular flexibility index (Phi) is 7.26. The minimum absolute atomic E-state index is 0.0178. The number of aryl methyl sites for hydroxylation is 1. The van der Waals surface area contributed by atoms with Gasteiger partial charge >= 0.3 is 0 Å². The first kappa shape index (κ1) is 18.0. The van der Waals surface area contributed by atoms with Crippen LogP contribution in [0.2, 0.25) is 0 Å². The molecular formula is C16H19N5O2S. The Morgan fingerprint density at radius 1 is 1.42 bits per heavy atom. The number of hydrogen-bond donors (Lipinski definition) is 0. The lowest BCUT2D eigenvalue weighted by Gasteiger charge is -2.19. The number of nitrogens with zero attached hydrogens (tertiary/aromatic N) is 5. The van der Waals surface area contributed by atoms with E-state index in [0.29, 0.717) is 17.5 Å². The summed E-state index contributed by atoms with van der Waals surface area (Å²) in [7, 11) is 1.66. The average molecular weight is 345 g/mol. The highest BCUT2D eigenvalue weighted by Gasteiger charge is 2.17. The summed E-state index contributed by atoms with van der Waals surface area (Å²) in [5, 5.41) is 17.6. The van der Waals surface area contributed by atoms with E-state index in [1.807, 2.05) is 41.0 Å². The Bertz CT molecular complexity index is 683. The fraction of sp³-hybridized carbons (Fsp3) is 0.375. The zero-order chi connectivity index (χ0) is 17.2. The molecule has 1 aromatic heterocycles. The third-order valence-corrected chi connectivity index (χ3v) is 4.22. The number of hydrogen-bond acceptors (Lipinski definition) is 6. The lowest BCUT2D eigenvalue weighted by atomic mass is 10.3. The van der Waals surface area contributed by atoms with Crippen LogP contribution < -0.4 is 4.90 Å². The maximum absolute atomic E-state index is 12.5. The molecule has 0 unspecified atom stereocenters. The highest BCUT2D eigenvalue weighted by Crippen LogP contribution is 2.19. The molecule has 0 saturated carbocycles. The number of methoxy groups -OCH3 is 1. The van der Waals surface area contributed by atoms with Crippen molar-refractivity contribution in [3.8, 4) is 6.07 Å². The minimum Gasteiger partial charge on any atom is -0.385 e. The van der Waals surface area contributed by atoms with Gasteiger partial charge in [0.15, 0.2) is 5.16 Å². The lowest BCUT2D eigenvalue weighted by Crippen LogP contribution is -2.32. The summed E-state index contributed by atoms with van der Waals surface area (Å²) in [5.74, 6) is 0.0544. The monoisotopic (exact) mass is 345 g/mol. The van der Waals surface area contributed by atoms with Gasteiger partial charge in [-0.3, -0.25) is 9.69 Å². The second-order valence-electron chi connectivity index (χ2n) is 4.92. The van der Waals surface area contributed by atoms with Gasteiger partial charge in [0.05, 0.1) is 11.8 Å². The van der Waals surface area contributed by atoms with Crippen LogP contribution in [0.25, 0.3) is 0 Å². The molecule has 2 rings (SSSR count). The van der Waals surface area contributed by atoms with Gasteiger partial charge < -0.3 is 9.30 Å². The fourth-order valence-electron chi connectivity index (χ4n) is 2.10. The third kappa shape index (κ3) is 5.08. The van der Waals surface area contributed by atoms with E-state index in [9.17, 15) is 4.79 Å². The molecular weight excluding hydrogens is 326 g/mol. The van der Waals surface area contributed by atoms with Gasteiger partial charge in [-0.1, -0.05) is 30.0 Å². The molecule has 0 aliphatic carbocycles. The van der Waals surface area contributed by atoms with E-state index in [-0.39, 0.29) is 18.2 Å². The molecule has 1 heterocycles. The van der Waals surface area contributed by atoms with Crippen LogP contribution in [0.3, 0.4) is 0 Å². The summed E-state index contributed by atoms with van der Waals surface area (Å²) in [6.07, 6.45) is 2.49. The van der Waals surface area contributed by atoms with Crippen molar-refractivity contribution in [3.63, 3.8) is 0 Å². The van der Waals surface area contributed by atoms with E-state index in [1.54, 1.807) is 13.4 Å². The van der Waals surface area contributed by atoms with Crippen LogP contribution in [-0.4, -0.2) is 46.7 Å². The number of amides is 1. The number of aromatic nitrogens is 3. The van der Waals surface area contributed by atoms with Gasteiger partial charge in [0.2, 0.25) is 5.91 Å². The Labute approximate surface area is 145 Å². The number of carbonyl (C=O) groups is 1. The van der Waals surface area contributed by atoms with Crippen LogP contribution in [-0.2, 0) is 16.1 Å². The lowest BCUT2D eigenvalue weighted by molar-refractivity contribution is -0.116. The normalized spacial score (nSPS) is 10.3. The Morgan fingerprint density at radius 2 is 2.21 bits per heavy atom. The van der Waals surface area contributed by atoms with Crippen molar-refractivity contribution in [1.29, 1.82) is 5.26 Å². The zero-order valence-electron chi connectivity index (χ0n) is 13.5. The Balaban J connectivity index is 1.96. The van der Waals surface area contributed by atoms with Crippen LogP contribution in [0, 0.1) is 11.3 Å². The van der Waals surface area contributed by atoms with Crippen LogP contribution in [0.4, 0.5) is 5.69 Å². The maximum atomic E-state index is 12.5. The molecule has 0 fully saturated rings. The van der Waals surface area contributed by atoms with Gasteiger partial charge in [0.25, 0.3) is 0 Å². The van der Waals surface area contributed by atoms with E-state index in [4.69, 9.17) is 10.00 Å². The highest BCUT2D eigenvalue weighted by atomic mass is 32.2. The van der Waals surface area contributed by atoms with Crippen LogP contribution in [0.5, 0.6) is 0 Å². The zero-order valence-corrected chi connectivity index (χ0v) is 14.3. The Morgan fingerprint density at radius 3 is 2.92 bits per heavy atom. The molecule has 0 atom stereocenters.